The van der Waals surface area contributed by atoms with E-state index in [1.54, 1.807) is 0 Å². The van der Waals surface area contributed by atoms with Gasteiger partial charge in [-0.2, -0.15) is 0 Å². The Bertz CT molecular complexity index is 221. The van der Waals surface area contributed by atoms with E-state index >= 15 is 0 Å². The van der Waals surface area contributed by atoms with Gasteiger partial charge in [0.25, 0.3) is 0 Å². The summed E-state index contributed by atoms with van der Waals surface area (Å²) < 4.78 is 0. The summed E-state index contributed by atoms with van der Waals surface area (Å²) in [7, 11) is 0. The third-order valence-electron chi connectivity index (χ3n) is 1.60. The van der Waals surface area contributed by atoms with Crippen LogP contribution in [0.25, 0.3) is 0 Å². The SMILES string of the molecule is CCC[C@@H](C)c1nnc(N)s1. The average Bonchev–Trinajstić information content (AvgIpc) is 2.36. The molecule has 0 saturated heterocycles. The van der Waals surface area contributed by atoms with Crippen LogP contribution in [0.15, 0.2) is 0 Å². The number of nitrogens with zero attached hydrogens (tertiary/aromatic N) is 2. The van der Waals surface area contributed by atoms with E-state index in [2.05, 4.69) is 24.0 Å². The summed E-state index contributed by atoms with van der Waals surface area (Å²) in [6.07, 6.45) is 2.34. The minimum absolute atomic E-state index is 0.509. The number of rotatable bonds is 3. The fourth-order valence-electron chi connectivity index (χ4n) is 1.00. The van der Waals surface area contributed by atoms with Crippen molar-refractivity contribution >= 4 is 16.5 Å². The minimum Gasteiger partial charge on any atom is -0.374 e. The monoisotopic (exact) mass is 171 g/mol. The van der Waals surface area contributed by atoms with Gasteiger partial charge in [0.1, 0.15) is 5.01 Å². The van der Waals surface area contributed by atoms with Crippen LogP contribution in [-0.2, 0) is 0 Å². The molecule has 0 spiro atoms. The lowest BCUT2D eigenvalue weighted by Crippen LogP contribution is -1.91. The van der Waals surface area contributed by atoms with Crippen LogP contribution < -0.4 is 5.73 Å². The largest absolute Gasteiger partial charge is 0.374 e. The molecule has 11 heavy (non-hydrogen) atoms. The second kappa shape index (κ2) is 3.67. The van der Waals surface area contributed by atoms with Crippen LogP contribution in [0.2, 0.25) is 0 Å². The third kappa shape index (κ3) is 2.15. The first-order chi connectivity index (χ1) is 5.24. The van der Waals surface area contributed by atoms with Gasteiger partial charge in [0.05, 0.1) is 0 Å². The van der Waals surface area contributed by atoms with Gasteiger partial charge in [-0.1, -0.05) is 31.6 Å². The van der Waals surface area contributed by atoms with Crippen LogP contribution >= 0.6 is 11.3 Å². The molecule has 3 nitrogen and oxygen atoms in total. The number of aromatic nitrogens is 2. The maximum Gasteiger partial charge on any atom is 0.203 e. The van der Waals surface area contributed by atoms with Crippen molar-refractivity contribution in [2.45, 2.75) is 32.6 Å². The van der Waals surface area contributed by atoms with Crippen molar-refractivity contribution in [2.24, 2.45) is 0 Å². The van der Waals surface area contributed by atoms with Crippen molar-refractivity contribution in [1.82, 2.24) is 10.2 Å². The molecule has 0 amide bonds. The Balaban J connectivity index is 2.60. The molecule has 0 saturated carbocycles. The Morgan fingerprint density at radius 2 is 2.27 bits per heavy atom. The van der Waals surface area contributed by atoms with Crippen molar-refractivity contribution in [3.8, 4) is 0 Å². The van der Waals surface area contributed by atoms with Gasteiger partial charge in [-0.15, -0.1) is 10.2 Å². The van der Waals surface area contributed by atoms with Crippen LogP contribution in [0.1, 0.15) is 37.6 Å². The van der Waals surface area contributed by atoms with E-state index in [4.69, 9.17) is 5.73 Å². The smallest absolute Gasteiger partial charge is 0.203 e. The summed E-state index contributed by atoms with van der Waals surface area (Å²) >= 11 is 1.49. The summed E-state index contributed by atoms with van der Waals surface area (Å²) in [5.74, 6) is 0.509. The van der Waals surface area contributed by atoms with Crippen molar-refractivity contribution in [3.05, 3.63) is 5.01 Å². The predicted molar refractivity (Wildman–Crippen MR) is 47.6 cm³/mol. The number of nitrogens with two attached hydrogens (primary N) is 1. The molecular weight excluding hydrogens is 158 g/mol. The van der Waals surface area contributed by atoms with E-state index in [0.29, 0.717) is 11.0 Å². The lowest BCUT2D eigenvalue weighted by Gasteiger charge is -2.02. The second-order valence-corrected chi connectivity index (χ2v) is 3.71. The number of anilines is 1. The Morgan fingerprint density at radius 1 is 1.55 bits per heavy atom. The molecule has 1 atom stereocenters. The standard InChI is InChI=1S/C7H13N3S/c1-3-4-5(2)6-9-10-7(8)11-6/h5H,3-4H2,1-2H3,(H2,8,10)/t5-/m1/s1. The molecule has 62 valence electrons. The summed E-state index contributed by atoms with van der Waals surface area (Å²) in [6.45, 7) is 4.32. The zero-order valence-electron chi connectivity index (χ0n) is 6.87. The van der Waals surface area contributed by atoms with E-state index < -0.39 is 0 Å². The van der Waals surface area contributed by atoms with Crippen LogP contribution in [0.5, 0.6) is 0 Å². The zero-order valence-corrected chi connectivity index (χ0v) is 7.69. The molecule has 0 aromatic carbocycles. The second-order valence-electron chi connectivity index (χ2n) is 2.67. The lowest BCUT2D eigenvalue weighted by molar-refractivity contribution is 0.654. The molecule has 1 aromatic rings. The molecule has 1 aromatic heterocycles. The summed E-state index contributed by atoms with van der Waals surface area (Å²) in [6, 6.07) is 0. The average molecular weight is 171 g/mol. The lowest BCUT2D eigenvalue weighted by atomic mass is 10.1. The Kier molecular flexibility index (Phi) is 2.82. The minimum atomic E-state index is 0.509. The molecular formula is C7H13N3S. The Labute approximate surface area is 70.6 Å². The first-order valence-electron chi connectivity index (χ1n) is 3.83. The summed E-state index contributed by atoms with van der Waals surface area (Å²) in [5.41, 5.74) is 5.46. The highest BCUT2D eigenvalue weighted by Gasteiger charge is 2.08. The van der Waals surface area contributed by atoms with E-state index in [1.165, 1.54) is 17.8 Å². The molecule has 0 fully saturated rings. The normalized spacial score (nSPS) is 13.3. The zero-order chi connectivity index (χ0) is 8.27. The van der Waals surface area contributed by atoms with Gasteiger partial charge in [-0.05, 0) is 6.42 Å². The molecule has 1 heterocycles. The molecule has 0 aliphatic heterocycles. The highest BCUT2D eigenvalue weighted by atomic mass is 32.1. The maximum absolute atomic E-state index is 5.46. The molecule has 1 rings (SSSR count). The van der Waals surface area contributed by atoms with Gasteiger partial charge >= 0.3 is 0 Å². The molecule has 0 aliphatic rings. The van der Waals surface area contributed by atoms with Crippen molar-refractivity contribution in [2.75, 3.05) is 5.73 Å². The van der Waals surface area contributed by atoms with Crippen molar-refractivity contribution in [3.63, 3.8) is 0 Å². The molecule has 0 bridgehead atoms. The van der Waals surface area contributed by atoms with Gasteiger partial charge in [0, 0.05) is 5.92 Å². The quantitative estimate of drug-likeness (QED) is 0.757. The molecule has 0 aliphatic carbocycles. The Hall–Kier alpha value is -0.640. The third-order valence-corrected chi connectivity index (χ3v) is 2.58. The topological polar surface area (TPSA) is 51.8 Å². The van der Waals surface area contributed by atoms with E-state index in [-0.39, 0.29) is 0 Å². The van der Waals surface area contributed by atoms with Crippen LogP contribution in [0.4, 0.5) is 5.13 Å². The van der Waals surface area contributed by atoms with Gasteiger partial charge in [-0.3, -0.25) is 0 Å². The van der Waals surface area contributed by atoms with Gasteiger partial charge in [0.2, 0.25) is 5.13 Å². The van der Waals surface area contributed by atoms with Crippen LogP contribution in [-0.4, -0.2) is 10.2 Å². The van der Waals surface area contributed by atoms with Gasteiger partial charge in [0.15, 0.2) is 0 Å². The maximum atomic E-state index is 5.46. The Morgan fingerprint density at radius 3 is 2.73 bits per heavy atom. The summed E-state index contributed by atoms with van der Waals surface area (Å²) in [5, 5.41) is 9.38. The van der Waals surface area contributed by atoms with Gasteiger partial charge < -0.3 is 5.73 Å². The molecule has 0 unspecified atom stereocenters. The van der Waals surface area contributed by atoms with Crippen molar-refractivity contribution < 1.29 is 0 Å². The highest BCUT2D eigenvalue weighted by molar-refractivity contribution is 7.15. The highest BCUT2D eigenvalue weighted by Crippen LogP contribution is 2.24. The van der Waals surface area contributed by atoms with Crippen LogP contribution in [0.3, 0.4) is 0 Å². The van der Waals surface area contributed by atoms with Crippen LogP contribution in [0, 0.1) is 0 Å². The predicted octanol–water partition coefficient (Wildman–Crippen LogP) is 2.02. The van der Waals surface area contributed by atoms with Gasteiger partial charge in [-0.25, -0.2) is 0 Å². The molecule has 0 radical (unpaired) electrons. The molecule has 2 N–H and O–H groups in total. The number of hydrogen-bond donors (Lipinski definition) is 1. The fraction of sp³-hybridized carbons (Fsp3) is 0.714. The van der Waals surface area contributed by atoms with E-state index in [1.807, 2.05) is 0 Å². The molecule has 4 heteroatoms. The van der Waals surface area contributed by atoms with E-state index in [0.717, 1.165) is 11.4 Å². The number of nitrogen functional groups attached to an aromatic ring is 1. The number of hydrogen-bond acceptors (Lipinski definition) is 4. The fourth-order valence-corrected chi connectivity index (χ4v) is 1.70. The first-order valence-corrected chi connectivity index (χ1v) is 4.64. The summed E-state index contributed by atoms with van der Waals surface area (Å²) in [4.78, 5) is 0. The van der Waals surface area contributed by atoms with Crippen molar-refractivity contribution in [1.29, 1.82) is 0 Å². The van der Waals surface area contributed by atoms with E-state index in [9.17, 15) is 0 Å². The first kappa shape index (κ1) is 8.46.